The van der Waals surface area contributed by atoms with Crippen LogP contribution in [0.5, 0.6) is 0 Å². The summed E-state index contributed by atoms with van der Waals surface area (Å²) in [5, 5.41) is 2.76. The Morgan fingerprint density at radius 3 is 2.39 bits per heavy atom. The lowest BCUT2D eigenvalue weighted by molar-refractivity contribution is 0.0340. The molecule has 1 aromatic rings. The fourth-order valence-corrected chi connectivity index (χ4v) is 2.79. The molecule has 0 aromatic heterocycles. The van der Waals surface area contributed by atoms with Gasteiger partial charge in [0.2, 0.25) is 0 Å². The molecule has 0 aliphatic carbocycles. The molecule has 4 nitrogen and oxygen atoms in total. The summed E-state index contributed by atoms with van der Waals surface area (Å²) in [6.07, 6.45) is 0.650. The van der Waals surface area contributed by atoms with Crippen molar-refractivity contribution >= 4 is 6.09 Å². The predicted octanol–water partition coefficient (Wildman–Crippen LogP) is 3.52. The number of ether oxygens (including phenoxy) is 1. The normalized spacial score (nSPS) is 18.4. The smallest absolute Gasteiger partial charge is 0.408 e. The van der Waals surface area contributed by atoms with Crippen LogP contribution in [-0.2, 0) is 11.3 Å². The first-order valence-electron chi connectivity index (χ1n) is 8.15. The van der Waals surface area contributed by atoms with Crippen LogP contribution < -0.4 is 5.32 Å². The summed E-state index contributed by atoms with van der Waals surface area (Å²) in [6.45, 7) is 7.22. The third kappa shape index (κ3) is 5.50. The van der Waals surface area contributed by atoms with Crippen LogP contribution >= 0.6 is 0 Å². The molecule has 0 saturated carbocycles. The van der Waals surface area contributed by atoms with Crippen molar-refractivity contribution in [2.24, 2.45) is 0 Å². The number of hydrogen-bond donors (Lipinski definition) is 1. The second kappa shape index (κ2) is 7.30. The number of carbonyl (C=O) groups is 1. The first kappa shape index (κ1) is 17.7. The third-order valence-corrected chi connectivity index (χ3v) is 4.08. The molecular weight excluding hydrogens is 295 g/mol. The number of nitrogens with zero attached hydrogens (tertiary/aromatic N) is 1. The molecule has 1 aromatic carbocycles. The molecule has 1 amide bonds. The van der Waals surface area contributed by atoms with E-state index in [0.717, 1.165) is 19.6 Å². The first-order chi connectivity index (χ1) is 10.8. The summed E-state index contributed by atoms with van der Waals surface area (Å²) in [6, 6.07) is 10.2. The molecule has 23 heavy (non-hydrogen) atoms. The molecule has 0 radical (unpaired) electrons. The largest absolute Gasteiger partial charge is 0.444 e. The summed E-state index contributed by atoms with van der Waals surface area (Å²) < 4.78 is 18.9. The zero-order chi connectivity index (χ0) is 16.9. The minimum Gasteiger partial charge on any atom is -0.444 e. The monoisotopic (exact) mass is 322 g/mol. The van der Waals surface area contributed by atoms with Gasteiger partial charge >= 0.3 is 6.09 Å². The molecule has 1 aliphatic rings. The molecule has 0 spiro atoms. The summed E-state index contributed by atoms with van der Waals surface area (Å²) in [7, 11) is 0. The Labute approximate surface area is 138 Å². The van der Waals surface area contributed by atoms with E-state index in [1.54, 1.807) is 20.8 Å². The van der Waals surface area contributed by atoms with Gasteiger partial charge in [0.05, 0.1) is 5.54 Å². The van der Waals surface area contributed by atoms with Gasteiger partial charge in [-0.2, -0.15) is 0 Å². The molecular formula is C18H27FN2O2. The Morgan fingerprint density at radius 2 is 1.87 bits per heavy atom. The lowest BCUT2D eigenvalue weighted by Crippen LogP contribution is -2.57. The van der Waals surface area contributed by atoms with E-state index in [1.165, 1.54) is 5.56 Å². The standard InChI is InChI=1S/C18H27FN2O2/c1-17(2,3)23-16(22)20-18(14-19)9-11-21(12-10-18)13-15-7-5-4-6-8-15/h4-8H,9-14H2,1-3H3,(H,20,22). The van der Waals surface area contributed by atoms with Crippen molar-refractivity contribution in [2.75, 3.05) is 19.8 Å². The zero-order valence-corrected chi connectivity index (χ0v) is 14.3. The van der Waals surface area contributed by atoms with Gasteiger partial charge in [0.1, 0.15) is 12.3 Å². The molecule has 1 fully saturated rings. The molecule has 0 unspecified atom stereocenters. The van der Waals surface area contributed by atoms with Gasteiger partial charge < -0.3 is 10.1 Å². The number of rotatable bonds is 4. The average molecular weight is 322 g/mol. The third-order valence-electron chi connectivity index (χ3n) is 4.08. The van der Waals surface area contributed by atoms with E-state index >= 15 is 0 Å². The Kier molecular flexibility index (Phi) is 5.63. The molecule has 1 aliphatic heterocycles. The van der Waals surface area contributed by atoms with Crippen molar-refractivity contribution in [1.82, 2.24) is 10.2 Å². The fraction of sp³-hybridized carbons (Fsp3) is 0.611. The highest BCUT2D eigenvalue weighted by Gasteiger charge is 2.37. The van der Waals surface area contributed by atoms with Crippen molar-refractivity contribution in [3.05, 3.63) is 35.9 Å². The van der Waals surface area contributed by atoms with Crippen LogP contribution in [0.1, 0.15) is 39.2 Å². The summed E-state index contributed by atoms with van der Waals surface area (Å²) >= 11 is 0. The van der Waals surface area contributed by atoms with Crippen molar-refractivity contribution in [1.29, 1.82) is 0 Å². The second-order valence-corrected chi connectivity index (χ2v) is 7.30. The molecule has 1 heterocycles. The van der Waals surface area contributed by atoms with Gasteiger partial charge in [0.15, 0.2) is 0 Å². The highest BCUT2D eigenvalue weighted by Crippen LogP contribution is 2.25. The topological polar surface area (TPSA) is 41.6 Å². The highest BCUT2D eigenvalue weighted by atomic mass is 19.1. The quantitative estimate of drug-likeness (QED) is 0.922. The van der Waals surface area contributed by atoms with Gasteiger partial charge in [-0.15, -0.1) is 0 Å². The molecule has 2 rings (SSSR count). The zero-order valence-electron chi connectivity index (χ0n) is 14.3. The van der Waals surface area contributed by atoms with Crippen LogP contribution in [0.25, 0.3) is 0 Å². The molecule has 128 valence electrons. The lowest BCUT2D eigenvalue weighted by atomic mass is 9.88. The lowest BCUT2D eigenvalue weighted by Gasteiger charge is -2.40. The van der Waals surface area contributed by atoms with Crippen LogP contribution in [0.2, 0.25) is 0 Å². The maximum Gasteiger partial charge on any atom is 0.408 e. The molecule has 5 heteroatoms. The van der Waals surface area contributed by atoms with E-state index in [1.807, 2.05) is 18.2 Å². The van der Waals surface area contributed by atoms with Gasteiger partial charge in [0, 0.05) is 19.6 Å². The number of nitrogens with one attached hydrogen (secondary N) is 1. The molecule has 0 atom stereocenters. The number of amides is 1. The van der Waals surface area contributed by atoms with Crippen LogP contribution in [0.4, 0.5) is 9.18 Å². The highest BCUT2D eigenvalue weighted by molar-refractivity contribution is 5.68. The first-order valence-corrected chi connectivity index (χ1v) is 8.15. The number of piperidine rings is 1. The van der Waals surface area contributed by atoms with Gasteiger partial charge in [-0.3, -0.25) is 4.90 Å². The Balaban J connectivity index is 1.88. The Morgan fingerprint density at radius 1 is 1.26 bits per heavy atom. The van der Waals surface area contributed by atoms with Crippen molar-refractivity contribution < 1.29 is 13.9 Å². The van der Waals surface area contributed by atoms with Gasteiger partial charge in [-0.05, 0) is 39.2 Å². The Bertz CT molecular complexity index is 506. The maximum atomic E-state index is 13.6. The minimum absolute atomic E-state index is 0.536. The number of likely N-dealkylation sites (tertiary alicyclic amines) is 1. The van der Waals surface area contributed by atoms with E-state index in [0.29, 0.717) is 12.8 Å². The molecule has 1 N–H and O–H groups in total. The van der Waals surface area contributed by atoms with Crippen molar-refractivity contribution in [2.45, 2.75) is 51.3 Å². The van der Waals surface area contributed by atoms with E-state index < -0.39 is 23.9 Å². The summed E-state index contributed by atoms with van der Waals surface area (Å²) in [5.41, 5.74) is -0.120. The van der Waals surface area contributed by atoms with Gasteiger partial charge in [-0.1, -0.05) is 30.3 Å². The van der Waals surface area contributed by atoms with E-state index in [4.69, 9.17) is 4.74 Å². The number of hydrogen-bond acceptors (Lipinski definition) is 3. The van der Waals surface area contributed by atoms with E-state index in [9.17, 15) is 9.18 Å². The van der Waals surface area contributed by atoms with E-state index in [-0.39, 0.29) is 0 Å². The van der Waals surface area contributed by atoms with Crippen LogP contribution in [0.15, 0.2) is 30.3 Å². The van der Waals surface area contributed by atoms with Crippen LogP contribution in [0, 0.1) is 0 Å². The number of halogens is 1. The predicted molar refractivity (Wildman–Crippen MR) is 89.0 cm³/mol. The SMILES string of the molecule is CC(C)(C)OC(=O)NC1(CF)CCN(Cc2ccccc2)CC1. The van der Waals surface area contributed by atoms with Gasteiger partial charge in [-0.25, -0.2) is 9.18 Å². The number of alkyl halides is 1. The average Bonchev–Trinajstić information content (AvgIpc) is 2.48. The second-order valence-electron chi connectivity index (χ2n) is 7.30. The fourth-order valence-electron chi connectivity index (χ4n) is 2.79. The van der Waals surface area contributed by atoms with Crippen LogP contribution in [0.3, 0.4) is 0 Å². The van der Waals surface area contributed by atoms with Gasteiger partial charge in [0.25, 0.3) is 0 Å². The number of benzene rings is 1. The maximum absolute atomic E-state index is 13.6. The van der Waals surface area contributed by atoms with Crippen LogP contribution in [-0.4, -0.2) is 41.9 Å². The van der Waals surface area contributed by atoms with Crippen molar-refractivity contribution in [3.8, 4) is 0 Å². The summed E-state index contributed by atoms with van der Waals surface area (Å²) in [4.78, 5) is 14.2. The Hall–Kier alpha value is -1.62. The molecule has 0 bridgehead atoms. The number of carbonyl (C=O) groups excluding carboxylic acids is 1. The van der Waals surface area contributed by atoms with E-state index in [2.05, 4.69) is 22.3 Å². The minimum atomic E-state index is -0.796. The van der Waals surface area contributed by atoms with Crippen molar-refractivity contribution in [3.63, 3.8) is 0 Å². The summed E-state index contributed by atoms with van der Waals surface area (Å²) in [5.74, 6) is 0. The number of alkyl carbamates (subject to hydrolysis) is 1. The molecule has 1 saturated heterocycles.